The second kappa shape index (κ2) is 7.45. The number of benzene rings is 1. The van der Waals surface area contributed by atoms with E-state index in [4.69, 9.17) is 4.74 Å². The number of ether oxygens (including phenoxy) is 1. The van der Waals surface area contributed by atoms with Gasteiger partial charge in [0.1, 0.15) is 5.75 Å². The van der Waals surface area contributed by atoms with Crippen molar-refractivity contribution < 1.29 is 8.95 Å². The van der Waals surface area contributed by atoms with Crippen LogP contribution in [0.5, 0.6) is 5.75 Å². The number of hydrogen-bond acceptors (Lipinski definition) is 3. The van der Waals surface area contributed by atoms with Crippen molar-refractivity contribution >= 4 is 10.8 Å². The molecule has 0 fully saturated rings. The van der Waals surface area contributed by atoms with Crippen LogP contribution in [-0.4, -0.2) is 29.9 Å². The Labute approximate surface area is 106 Å². The number of methoxy groups -OCH3 is 1. The van der Waals surface area contributed by atoms with Crippen LogP contribution in [-0.2, 0) is 10.8 Å². The first-order valence-corrected chi connectivity index (χ1v) is 7.57. The predicted molar refractivity (Wildman–Crippen MR) is 73.0 cm³/mol. The Morgan fingerprint density at radius 3 is 2.82 bits per heavy atom. The summed E-state index contributed by atoms with van der Waals surface area (Å²) in [5.41, 5.74) is 1.13. The van der Waals surface area contributed by atoms with Crippen LogP contribution < -0.4 is 10.1 Å². The Morgan fingerprint density at radius 2 is 2.24 bits per heavy atom. The molecule has 2 unspecified atom stereocenters. The van der Waals surface area contributed by atoms with Crippen LogP contribution in [0.4, 0.5) is 0 Å². The van der Waals surface area contributed by atoms with Crippen LogP contribution in [0.25, 0.3) is 0 Å². The van der Waals surface area contributed by atoms with E-state index in [1.807, 2.05) is 24.3 Å². The molecule has 0 spiro atoms. The van der Waals surface area contributed by atoms with Crippen LogP contribution in [0, 0.1) is 0 Å². The maximum Gasteiger partial charge on any atom is 0.119 e. The molecule has 4 heteroatoms. The maximum atomic E-state index is 11.4. The molecule has 0 amide bonds. The van der Waals surface area contributed by atoms with Gasteiger partial charge in [0, 0.05) is 28.9 Å². The quantitative estimate of drug-likeness (QED) is 0.811. The van der Waals surface area contributed by atoms with Crippen molar-refractivity contribution in [1.82, 2.24) is 5.32 Å². The van der Waals surface area contributed by atoms with E-state index in [0.717, 1.165) is 24.3 Å². The Morgan fingerprint density at radius 1 is 1.47 bits per heavy atom. The lowest BCUT2D eigenvalue weighted by Crippen LogP contribution is -2.26. The third-order valence-corrected chi connectivity index (χ3v) is 3.34. The summed E-state index contributed by atoms with van der Waals surface area (Å²) in [4.78, 5) is 0. The summed E-state index contributed by atoms with van der Waals surface area (Å²) in [6.07, 6.45) is 2.80. The zero-order valence-corrected chi connectivity index (χ0v) is 11.5. The Kier molecular flexibility index (Phi) is 6.22. The third kappa shape index (κ3) is 4.88. The van der Waals surface area contributed by atoms with Crippen molar-refractivity contribution in [2.24, 2.45) is 0 Å². The molecule has 0 bridgehead atoms. The van der Waals surface area contributed by atoms with E-state index in [0.29, 0.717) is 5.75 Å². The number of hydrogen-bond donors (Lipinski definition) is 1. The minimum absolute atomic E-state index is 0.135. The molecule has 17 heavy (non-hydrogen) atoms. The summed E-state index contributed by atoms with van der Waals surface area (Å²) >= 11 is 0. The minimum Gasteiger partial charge on any atom is -0.497 e. The summed E-state index contributed by atoms with van der Waals surface area (Å²) in [5, 5.41) is 3.42. The van der Waals surface area contributed by atoms with E-state index in [1.165, 1.54) is 0 Å². The molecule has 0 heterocycles. The van der Waals surface area contributed by atoms with Gasteiger partial charge in [0.05, 0.1) is 7.11 Å². The molecule has 3 nitrogen and oxygen atoms in total. The first kappa shape index (κ1) is 14.2. The second-order valence-corrected chi connectivity index (χ2v) is 5.50. The molecule has 1 aromatic rings. The average molecular weight is 255 g/mol. The fourth-order valence-electron chi connectivity index (χ4n) is 1.68. The first-order valence-electron chi connectivity index (χ1n) is 5.84. The Hall–Kier alpha value is -0.870. The van der Waals surface area contributed by atoms with Gasteiger partial charge < -0.3 is 10.1 Å². The topological polar surface area (TPSA) is 38.3 Å². The zero-order chi connectivity index (χ0) is 12.7. The predicted octanol–water partition coefficient (Wildman–Crippen LogP) is 2.11. The van der Waals surface area contributed by atoms with E-state index in [9.17, 15) is 4.21 Å². The standard InChI is InChI=1S/C13H21NO2S/c1-4-8-14-13(10-17(3)15)11-6-5-7-12(9-11)16-2/h5-7,9,13-14H,4,8,10H2,1-3H3. The van der Waals surface area contributed by atoms with Crippen LogP contribution in [0.15, 0.2) is 24.3 Å². The fourth-order valence-corrected chi connectivity index (χ4v) is 2.46. The van der Waals surface area contributed by atoms with Gasteiger partial charge in [-0.25, -0.2) is 0 Å². The van der Waals surface area contributed by atoms with Gasteiger partial charge in [0.15, 0.2) is 0 Å². The first-order chi connectivity index (χ1) is 8.17. The lowest BCUT2D eigenvalue weighted by molar-refractivity contribution is 0.413. The molecule has 0 aliphatic heterocycles. The van der Waals surface area contributed by atoms with E-state index in [1.54, 1.807) is 13.4 Å². The lowest BCUT2D eigenvalue weighted by Gasteiger charge is -2.18. The van der Waals surface area contributed by atoms with Gasteiger partial charge in [-0.2, -0.15) is 0 Å². The highest BCUT2D eigenvalue weighted by Gasteiger charge is 2.12. The van der Waals surface area contributed by atoms with Gasteiger partial charge in [-0.05, 0) is 30.7 Å². The van der Waals surface area contributed by atoms with Crippen LogP contribution in [0.2, 0.25) is 0 Å². The summed E-state index contributed by atoms with van der Waals surface area (Å²) in [6, 6.07) is 8.07. The van der Waals surface area contributed by atoms with Gasteiger partial charge >= 0.3 is 0 Å². The van der Waals surface area contributed by atoms with E-state index >= 15 is 0 Å². The van der Waals surface area contributed by atoms with Crippen molar-refractivity contribution in [3.8, 4) is 5.75 Å². The Balaban J connectivity index is 2.82. The van der Waals surface area contributed by atoms with Gasteiger partial charge in [0.25, 0.3) is 0 Å². The largest absolute Gasteiger partial charge is 0.497 e. The molecule has 0 saturated heterocycles. The number of rotatable bonds is 7. The summed E-state index contributed by atoms with van der Waals surface area (Å²) in [5.74, 6) is 1.47. The van der Waals surface area contributed by atoms with E-state index in [-0.39, 0.29) is 6.04 Å². The summed E-state index contributed by atoms with van der Waals surface area (Å²) in [7, 11) is 0.847. The summed E-state index contributed by atoms with van der Waals surface area (Å²) < 4.78 is 16.6. The lowest BCUT2D eigenvalue weighted by atomic mass is 10.1. The van der Waals surface area contributed by atoms with Crippen molar-refractivity contribution in [3.63, 3.8) is 0 Å². The van der Waals surface area contributed by atoms with Crippen LogP contribution in [0.1, 0.15) is 24.9 Å². The molecule has 96 valence electrons. The molecule has 2 atom stereocenters. The second-order valence-electron chi connectivity index (χ2n) is 4.02. The van der Waals surface area contributed by atoms with E-state index in [2.05, 4.69) is 12.2 Å². The smallest absolute Gasteiger partial charge is 0.119 e. The molecule has 1 rings (SSSR count). The van der Waals surface area contributed by atoms with Crippen LogP contribution in [0.3, 0.4) is 0 Å². The van der Waals surface area contributed by atoms with E-state index < -0.39 is 10.8 Å². The molecular formula is C13H21NO2S. The number of nitrogens with one attached hydrogen (secondary N) is 1. The highest BCUT2D eigenvalue weighted by Crippen LogP contribution is 2.19. The molecule has 0 aliphatic carbocycles. The van der Waals surface area contributed by atoms with Gasteiger partial charge in [-0.15, -0.1) is 0 Å². The zero-order valence-electron chi connectivity index (χ0n) is 10.7. The van der Waals surface area contributed by atoms with Gasteiger partial charge in [-0.1, -0.05) is 19.1 Å². The van der Waals surface area contributed by atoms with Crippen molar-refractivity contribution in [1.29, 1.82) is 0 Å². The van der Waals surface area contributed by atoms with Gasteiger partial charge in [-0.3, -0.25) is 4.21 Å². The highest BCUT2D eigenvalue weighted by atomic mass is 32.2. The molecule has 1 aromatic carbocycles. The minimum atomic E-state index is -0.811. The maximum absolute atomic E-state index is 11.4. The average Bonchev–Trinajstić information content (AvgIpc) is 2.34. The molecule has 1 N–H and O–H groups in total. The summed E-state index contributed by atoms with van der Waals surface area (Å²) in [6.45, 7) is 3.05. The molecule has 0 aromatic heterocycles. The molecular weight excluding hydrogens is 234 g/mol. The monoisotopic (exact) mass is 255 g/mol. The SMILES string of the molecule is CCCNC(CS(C)=O)c1cccc(OC)c1. The van der Waals surface area contributed by atoms with Crippen molar-refractivity contribution in [2.45, 2.75) is 19.4 Å². The Bertz CT molecular complexity index is 368. The highest BCUT2D eigenvalue weighted by molar-refractivity contribution is 7.84. The van der Waals surface area contributed by atoms with Crippen LogP contribution >= 0.6 is 0 Å². The normalized spacial score (nSPS) is 14.3. The van der Waals surface area contributed by atoms with Crippen molar-refractivity contribution in [3.05, 3.63) is 29.8 Å². The third-order valence-electron chi connectivity index (χ3n) is 2.54. The molecule has 0 aliphatic rings. The fraction of sp³-hybridized carbons (Fsp3) is 0.538. The van der Waals surface area contributed by atoms with Gasteiger partial charge in [0.2, 0.25) is 0 Å². The molecule has 0 saturated carbocycles. The van der Waals surface area contributed by atoms with Crippen molar-refractivity contribution in [2.75, 3.05) is 25.7 Å². The molecule has 0 radical (unpaired) electrons.